The van der Waals surface area contributed by atoms with Gasteiger partial charge in [-0.3, -0.25) is 19.5 Å². The molecule has 6 nitrogen and oxygen atoms in total. The molecule has 0 saturated carbocycles. The van der Waals surface area contributed by atoms with Crippen molar-refractivity contribution in [1.82, 2.24) is 9.55 Å². The quantitative estimate of drug-likeness (QED) is 0.548. The van der Waals surface area contributed by atoms with Crippen molar-refractivity contribution < 1.29 is 4.92 Å². The fraction of sp³-hybridized carbons (Fsp3) is 0.0769. The zero-order valence-corrected chi connectivity index (χ0v) is 12.1. The maximum absolute atomic E-state index is 12.2. The van der Waals surface area contributed by atoms with Gasteiger partial charge in [-0.25, -0.2) is 4.98 Å². The van der Waals surface area contributed by atoms with Crippen LogP contribution < -0.4 is 5.56 Å². The van der Waals surface area contributed by atoms with E-state index in [-0.39, 0.29) is 22.8 Å². The Balaban J connectivity index is 2.02. The van der Waals surface area contributed by atoms with Crippen LogP contribution in [0, 0.1) is 10.1 Å². The van der Waals surface area contributed by atoms with E-state index in [4.69, 9.17) is 11.6 Å². The van der Waals surface area contributed by atoms with E-state index in [9.17, 15) is 14.9 Å². The molecule has 8 heteroatoms. The molecule has 0 aliphatic rings. The van der Waals surface area contributed by atoms with Crippen molar-refractivity contribution in [3.63, 3.8) is 0 Å². The summed E-state index contributed by atoms with van der Waals surface area (Å²) < 4.78 is 1.42. The number of nitrogens with zero attached hydrogens (tertiary/aromatic N) is 3. The maximum Gasteiger partial charge on any atom is 0.288 e. The van der Waals surface area contributed by atoms with E-state index in [1.165, 1.54) is 34.4 Å². The summed E-state index contributed by atoms with van der Waals surface area (Å²) in [5.41, 5.74) is 0.273. The highest BCUT2D eigenvalue weighted by molar-refractivity contribution is 7.16. The second kappa shape index (κ2) is 5.27. The molecule has 3 aromatic rings. The molecule has 21 heavy (non-hydrogen) atoms. The van der Waals surface area contributed by atoms with Crippen molar-refractivity contribution in [1.29, 1.82) is 0 Å². The molecule has 0 saturated heterocycles. The summed E-state index contributed by atoms with van der Waals surface area (Å²) in [7, 11) is 0. The molecule has 0 amide bonds. The van der Waals surface area contributed by atoms with Crippen LogP contribution >= 0.6 is 22.9 Å². The predicted octanol–water partition coefficient (Wildman–Crippen LogP) is 3.07. The summed E-state index contributed by atoms with van der Waals surface area (Å²) in [6.45, 7) is 0.204. The van der Waals surface area contributed by atoms with E-state index >= 15 is 0 Å². The molecule has 0 bridgehead atoms. The van der Waals surface area contributed by atoms with Gasteiger partial charge in [0.25, 0.3) is 11.2 Å². The molecular weight excluding hydrogens is 314 g/mol. The molecular formula is C13H8ClN3O3S. The fourth-order valence-electron chi connectivity index (χ4n) is 2.00. The maximum atomic E-state index is 12.2. The molecule has 0 aliphatic carbocycles. The normalized spacial score (nSPS) is 10.9. The number of thiophene rings is 1. The van der Waals surface area contributed by atoms with Crippen LogP contribution in [0.25, 0.3) is 10.2 Å². The first-order valence-electron chi connectivity index (χ1n) is 5.92. The Morgan fingerprint density at radius 2 is 2.19 bits per heavy atom. The Morgan fingerprint density at radius 1 is 1.38 bits per heavy atom. The van der Waals surface area contributed by atoms with Crippen LogP contribution in [0.5, 0.6) is 0 Å². The lowest BCUT2D eigenvalue weighted by Crippen LogP contribution is -2.20. The standard InChI is InChI=1S/C13H8ClN3O3S/c14-10-2-1-8(5-11(10)17(19)20)6-16-7-15-12-9(13(16)18)3-4-21-12/h1-5,7H,6H2. The molecule has 0 atom stereocenters. The minimum Gasteiger partial charge on any atom is -0.294 e. The Morgan fingerprint density at radius 3 is 2.95 bits per heavy atom. The van der Waals surface area contributed by atoms with Crippen LogP contribution in [-0.4, -0.2) is 14.5 Å². The highest BCUT2D eigenvalue weighted by atomic mass is 35.5. The lowest BCUT2D eigenvalue weighted by molar-refractivity contribution is -0.384. The first kappa shape index (κ1) is 13.7. The molecule has 0 radical (unpaired) electrons. The van der Waals surface area contributed by atoms with Gasteiger partial charge in [-0.15, -0.1) is 11.3 Å². The number of fused-ring (bicyclic) bond motifs is 1. The number of aromatic nitrogens is 2. The Bertz CT molecular complexity index is 903. The Kier molecular flexibility index (Phi) is 3.44. The van der Waals surface area contributed by atoms with E-state index in [0.717, 1.165) is 0 Å². The molecule has 1 aromatic carbocycles. The minimum atomic E-state index is -0.547. The van der Waals surface area contributed by atoms with Gasteiger partial charge in [0.15, 0.2) is 0 Å². The first-order valence-corrected chi connectivity index (χ1v) is 7.17. The molecule has 106 valence electrons. The molecule has 3 rings (SSSR count). The smallest absolute Gasteiger partial charge is 0.288 e. The van der Waals surface area contributed by atoms with Crippen LogP contribution in [0.2, 0.25) is 5.02 Å². The molecule has 0 unspecified atom stereocenters. The number of hydrogen-bond acceptors (Lipinski definition) is 5. The van der Waals surface area contributed by atoms with Gasteiger partial charge in [0, 0.05) is 6.07 Å². The lowest BCUT2D eigenvalue weighted by Gasteiger charge is -2.06. The van der Waals surface area contributed by atoms with Crippen molar-refractivity contribution in [3.05, 3.63) is 67.0 Å². The molecule has 0 N–H and O–H groups in total. The summed E-state index contributed by atoms with van der Waals surface area (Å²) in [6, 6.07) is 6.19. The minimum absolute atomic E-state index is 0.0718. The number of benzene rings is 1. The predicted molar refractivity (Wildman–Crippen MR) is 81.1 cm³/mol. The van der Waals surface area contributed by atoms with Crippen molar-refractivity contribution >= 4 is 38.8 Å². The SMILES string of the molecule is O=c1c2ccsc2ncn1Cc1ccc(Cl)c([N+](=O)[O-])c1. The van der Waals surface area contributed by atoms with Crippen LogP contribution in [0.3, 0.4) is 0 Å². The molecule has 0 fully saturated rings. The van der Waals surface area contributed by atoms with Crippen molar-refractivity contribution in [3.8, 4) is 0 Å². The van der Waals surface area contributed by atoms with E-state index in [0.29, 0.717) is 15.8 Å². The summed E-state index contributed by atoms with van der Waals surface area (Å²) in [5, 5.41) is 13.3. The van der Waals surface area contributed by atoms with Crippen molar-refractivity contribution in [2.24, 2.45) is 0 Å². The molecule has 0 spiro atoms. The zero-order valence-electron chi connectivity index (χ0n) is 10.5. The summed E-state index contributed by atoms with van der Waals surface area (Å²) in [6.07, 6.45) is 1.45. The van der Waals surface area contributed by atoms with Crippen LogP contribution in [0.15, 0.2) is 40.8 Å². The summed E-state index contributed by atoms with van der Waals surface area (Å²) in [4.78, 5) is 27.5. The second-order valence-corrected chi connectivity index (χ2v) is 5.66. The largest absolute Gasteiger partial charge is 0.294 e. The van der Waals surface area contributed by atoms with Gasteiger partial charge in [-0.2, -0.15) is 0 Å². The Hall–Kier alpha value is -2.25. The Labute approximate surface area is 127 Å². The third-order valence-electron chi connectivity index (χ3n) is 3.01. The number of rotatable bonds is 3. The second-order valence-electron chi connectivity index (χ2n) is 4.36. The number of nitro groups is 1. The van der Waals surface area contributed by atoms with Crippen LogP contribution in [0.1, 0.15) is 5.56 Å². The lowest BCUT2D eigenvalue weighted by atomic mass is 10.2. The van der Waals surface area contributed by atoms with Gasteiger partial charge < -0.3 is 0 Å². The van der Waals surface area contributed by atoms with Gasteiger partial charge >= 0.3 is 0 Å². The van der Waals surface area contributed by atoms with E-state index in [2.05, 4.69) is 4.98 Å². The molecule has 2 aromatic heterocycles. The highest BCUT2D eigenvalue weighted by Crippen LogP contribution is 2.25. The van der Waals surface area contributed by atoms with Crippen molar-refractivity contribution in [2.45, 2.75) is 6.54 Å². The fourth-order valence-corrected chi connectivity index (χ4v) is 2.91. The third kappa shape index (κ3) is 2.53. The van der Waals surface area contributed by atoms with Crippen LogP contribution in [-0.2, 0) is 6.54 Å². The number of halogens is 1. The molecule has 0 aliphatic heterocycles. The summed E-state index contributed by atoms with van der Waals surface area (Å²) in [5.74, 6) is 0. The first-order chi connectivity index (χ1) is 10.1. The van der Waals surface area contributed by atoms with E-state index in [1.54, 1.807) is 17.5 Å². The number of nitro benzene ring substituents is 1. The van der Waals surface area contributed by atoms with Gasteiger partial charge in [-0.05, 0) is 23.1 Å². The van der Waals surface area contributed by atoms with Gasteiger partial charge in [0.2, 0.25) is 0 Å². The van der Waals surface area contributed by atoms with Gasteiger partial charge in [-0.1, -0.05) is 17.7 Å². The molecule has 2 heterocycles. The van der Waals surface area contributed by atoms with Gasteiger partial charge in [0.05, 0.1) is 23.2 Å². The monoisotopic (exact) mass is 321 g/mol. The van der Waals surface area contributed by atoms with Crippen molar-refractivity contribution in [2.75, 3.05) is 0 Å². The highest BCUT2D eigenvalue weighted by Gasteiger charge is 2.13. The zero-order chi connectivity index (χ0) is 15.0. The van der Waals surface area contributed by atoms with E-state index in [1.807, 2.05) is 0 Å². The number of hydrogen-bond donors (Lipinski definition) is 0. The summed E-state index contributed by atoms with van der Waals surface area (Å²) >= 11 is 7.16. The van der Waals surface area contributed by atoms with E-state index < -0.39 is 4.92 Å². The average molecular weight is 322 g/mol. The topological polar surface area (TPSA) is 78.0 Å². The van der Waals surface area contributed by atoms with Gasteiger partial charge in [0.1, 0.15) is 9.85 Å². The van der Waals surface area contributed by atoms with Crippen LogP contribution in [0.4, 0.5) is 5.69 Å². The third-order valence-corrected chi connectivity index (χ3v) is 4.15. The average Bonchev–Trinajstić information content (AvgIpc) is 2.93.